The quantitative estimate of drug-likeness (QED) is 0.865. The third-order valence-electron chi connectivity index (χ3n) is 4.28. The van der Waals surface area contributed by atoms with Gasteiger partial charge in [-0.2, -0.15) is 0 Å². The largest absolute Gasteiger partial charge is 0.351 e. The number of nitrogens with one attached hydrogen (secondary N) is 1. The molecule has 1 saturated heterocycles. The van der Waals surface area contributed by atoms with E-state index in [4.69, 9.17) is 0 Å². The summed E-state index contributed by atoms with van der Waals surface area (Å²) in [6, 6.07) is 8.77. The SMILES string of the molecule is CCN1CC[C@@H](N(C)CC(=O)NCc2cccc(C)c2)C1. The topological polar surface area (TPSA) is 35.6 Å². The Bertz CT molecular complexity index is 475. The maximum Gasteiger partial charge on any atom is 0.234 e. The smallest absolute Gasteiger partial charge is 0.234 e. The van der Waals surface area contributed by atoms with Crippen LogP contribution >= 0.6 is 0 Å². The van der Waals surface area contributed by atoms with Crippen molar-refractivity contribution >= 4 is 5.91 Å². The van der Waals surface area contributed by atoms with Crippen LogP contribution in [0.15, 0.2) is 24.3 Å². The number of likely N-dealkylation sites (tertiary alicyclic amines) is 1. The zero-order valence-corrected chi connectivity index (χ0v) is 13.4. The van der Waals surface area contributed by atoms with E-state index in [1.165, 1.54) is 5.56 Å². The van der Waals surface area contributed by atoms with Crippen LogP contribution in [0.3, 0.4) is 0 Å². The zero-order chi connectivity index (χ0) is 15.2. The van der Waals surface area contributed by atoms with Crippen molar-refractivity contribution in [3.05, 3.63) is 35.4 Å². The summed E-state index contributed by atoms with van der Waals surface area (Å²) in [6.07, 6.45) is 1.16. The monoisotopic (exact) mass is 289 g/mol. The lowest BCUT2D eigenvalue weighted by atomic mass is 10.1. The van der Waals surface area contributed by atoms with Crippen molar-refractivity contribution in [2.24, 2.45) is 0 Å². The Kier molecular flexibility index (Phi) is 5.76. The number of hydrogen-bond donors (Lipinski definition) is 1. The van der Waals surface area contributed by atoms with Crippen LogP contribution in [0.25, 0.3) is 0 Å². The number of hydrogen-bond acceptors (Lipinski definition) is 3. The van der Waals surface area contributed by atoms with E-state index < -0.39 is 0 Å². The third-order valence-corrected chi connectivity index (χ3v) is 4.28. The predicted molar refractivity (Wildman–Crippen MR) is 86.2 cm³/mol. The van der Waals surface area contributed by atoms with Gasteiger partial charge in [0.1, 0.15) is 0 Å². The third kappa shape index (κ3) is 4.83. The first-order chi connectivity index (χ1) is 10.1. The van der Waals surface area contributed by atoms with Crippen molar-refractivity contribution in [1.29, 1.82) is 0 Å². The first-order valence-electron chi connectivity index (χ1n) is 7.83. The van der Waals surface area contributed by atoms with Gasteiger partial charge < -0.3 is 10.2 Å². The summed E-state index contributed by atoms with van der Waals surface area (Å²) >= 11 is 0. The molecule has 21 heavy (non-hydrogen) atoms. The highest BCUT2D eigenvalue weighted by Gasteiger charge is 2.25. The minimum Gasteiger partial charge on any atom is -0.351 e. The Morgan fingerprint density at radius 1 is 1.48 bits per heavy atom. The number of nitrogens with zero attached hydrogens (tertiary/aromatic N) is 2. The van der Waals surface area contributed by atoms with Gasteiger partial charge in [0.2, 0.25) is 5.91 Å². The first-order valence-corrected chi connectivity index (χ1v) is 7.83. The molecule has 4 heteroatoms. The van der Waals surface area contributed by atoms with Crippen molar-refractivity contribution in [3.63, 3.8) is 0 Å². The van der Waals surface area contributed by atoms with E-state index >= 15 is 0 Å². The second-order valence-corrected chi connectivity index (χ2v) is 6.02. The molecule has 1 atom stereocenters. The molecule has 1 heterocycles. The number of likely N-dealkylation sites (N-methyl/N-ethyl adjacent to an activating group) is 2. The van der Waals surface area contributed by atoms with Crippen LogP contribution in [-0.2, 0) is 11.3 Å². The molecule has 2 rings (SSSR count). The van der Waals surface area contributed by atoms with Crippen LogP contribution < -0.4 is 5.32 Å². The fourth-order valence-corrected chi connectivity index (χ4v) is 2.89. The summed E-state index contributed by atoms with van der Waals surface area (Å²) in [5.41, 5.74) is 2.38. The van der Waals surface area contributed by atoms with Gasteiger partial charge in [0.15, 0.2) is 0 Å². The predicted octanol–water partition coefficient (Wildman–Crippen LogP) is 1.64. The highest BCUT2D eigenvalue weighted by Crippen LogP contribution is 2.13. The fourth-order valence-electron chi connectivity index (χ4n) is 2.89. The Morgan fingerprint density at radius 3 is 2.95 bits per heavy atom. The van der Waals surface area contributed by atoms with E-state index in [-0.39, 0.29) is 5.91 Å². The zero-order valence-electron chi connectivity index (χ0n) is 13.4. The molecule has 1 aliphatic heterocycles. The molecular formula is C17H27N3O. The molecule has 1 N–H and O–H groups in total. The molecule has 0 bridgehead atoms. The van der Waals surface area contributed by atoms with E-state index in [9.17, 15) is 4.79 Å². The summed E-state index contributed by atoms with van der Waals surface area (Å²) in [5.74, 6) is 0.106. The molecule has 0 saturated carbocycles. The van der Waals surface area contributed by atoms with Gasteiger partial charge in [-0.05, 0) is 39.0 Å². The molecule has 0 aliphatic carbocycles. The maximum atomic E-state index is 12.1. The maximum absolute atomic E-state index is 12.1. The van der Waals surface area contributed by atoms with Crippen LogP contribution in [0.5, 0.6) is 0 Å². The molecule has 1 aromatic carbocycles. The van der Waals surface area contributed by atoms with Gasteiger partial charge in [-0.15, -0.1) is 0 Å². The Morgan fingerprint density at radius 2 is 2.29 bits per heavy atom. The van der Waals surface area contributed by atoms with Gasteiger partial charge in [-0.25, -0.2) is 0 Å². The molecule has 0 radical (unpaired) electrons. The highest BCUT2D eigenvalue weighted by atomic mass is 16.2. The van der Waals surface area contributed by atoms with Gasteiger partial charge in [-0.1, -0.05) is 36.8 Å². The van der Waals surface area contributed by atoms with Crippen LogP contribution in [-0.4, -0.2) is 55.0 Å². The van der Waals surface area contributed by atoms with E-state index in [0.29, 0.717) is 19.1 Å². The molecule has 0 unspecified atom stereocenters. The van der Waals surface area contributed by atoms with E-state index in [1.807, 2.05) is 12.1 Å². The Balaban J connectivity index is 1.74. The second-order valence-electron chi connectivity index (χ2n) is 6.02. The van der Waals surface area contributed by atoms with Crippen molar-refractivity contribution in [2.75, 3.05) is 33.2 Å². The summed E-state index contributed by atoms with van der Waals surface area (Å²) in [4.78, 5) is 16.7. The summed E-state index contributed by atoms with van der Waals surface area (Å²) < 4.78 is 0. The number of carbonyl (C=O) groups is 1. The lowest BCUT2D eigenvalue weighted by Gasteiger charge is -2.23. The van der Waals surface area contributed by atoms with Gasteiger partial charge in [0, 0.05) is 19.1 Å². The van der Waals surface area contributed by atoms with Crippen molar-refractivity contribution in [3.8, 4) is 0 Å². The molecule has 116 valence electrons. The average molecular weight is 289 g/mol. The van der Waals surface area contributed by atoms with Crippen LogP contribution in [0.1, 0.15) is 24.5 Å². The second kappa shape index (κ2) is 7.57. The lowest BCUT2D eigenvalue weighted by Crippen LogP contribution is -2.41. The number of aryl methyl sites for hydroxylation is 1. The molecular weight excluding hydrogens is 262 g/mol. The van der Waals surface area contributed by atoms with E-state index in [2.05, 4.69) is 48.1 Å². The number of amides is 1. The number of benzene rings is 1. The van der Waals surface area contributed by atoms with Crippen LogP contribution in [0, 0.1) is 6.92 Å². The molecule has 1 aliphatic rings. The Labute approximate surface area is 128 Å². The number of rotatable bonds is 6. The summed E-state index contributed by atoms with van der Waals surface area (Å²) in [6.45, 7) is 8.68. The average Bonchev–Trinajstić information content (AvgIpc) is 2.94. The summed E-state index contributed by atoms with van der Waals surface area (Å²) in [7, 11) is 2.05. The molecule has 4 nitrogen and oxygen atoms in total. The van der Waals surface area contributed by atoms with Crippen molar-refractivity contribution in [1.82, 2.24) is 15.1 Å². The van der Waals surface area contributed by atoms with Gasteiger partial charge >= 0.3 is 0 Å². The standard InChI is InChI=1S/C17H27N3O/c1-4-20-9-8-16(12-20)19(3)13-17(21)18-11-15-7-5-6-14(2)10-15/h5-7,10,16H,4,8-9,11-13H2,1-3H3,(H,18,21)/t16-/m1/s1. The molecule has 1 aromatic rings. The van der Waals surface area contributed by atoms with Gasteiger partial charge in [-0.3, -0.25) is 9.69 Å². The normalized spacial score (nSPS) is 19.1. The van der Waals surface area contributed by atoms with E-state index in [0.717, 1.165) is 31.6 Å². The molecule has 0 aromatic heterocycles. The van der Waals surface area contributed by atoms with Gasteiger partial charge in [0.25, 0.3) is 0 Å². The molecule has 1 amide bonds. The minimum absolute atomic E-state index is 0.106. The van der Waals surface area contributed by atoms with E-state index in [1.54, 1.807) is 0 Å². The van der Waals surface area contributed by atoms with Crippen LogP contribution in [0.4, 0.5) is 0 Å². The molecule has 0 spiro atoms. The lowest BCUT2D eigenvalue weighted by molar-refractivity contribution is -0.122. The number of carbonyl (C=O) groups excluding carboxylic acids is 1. The minimum atomic E-state index is 0.106. The fraction of sp³-hybridized carbons (Fsp3) is 0.588. The first kappa shape index (κ1) is 16.0. The summed E-state index contributed by atoms with van der Waals surface area (Å²) in [5, 5.41) is 3.01. The van der Waals surface area contributed by atoms with Crippen LogP contribution in [0.2, 0.25) is 0 Å². The Hall–Kier alpha value is -1.39. The van der Waals surface area contributed by atoms with Gasteiger partial charge in [0.05, 0.1) is 6.54 Å². The van der Waals surface area contributed by atoms with Crippen molar-refractivity contribution < 1.29 is 4.79 Å². The van der Waals surface area contributed by atoms with Crippen molar-refractivity contribution in [2.45, 2.75) is 32.9 Å². The molecule has 1 fully saturated rings. The highest BCUT2D eigenvalue weighted by molar-refractivity contribution is 5.78.